The van der Waals surface area contributed by atoms with Gasteiger partial charge >= 0.3 is 5.97 Å². The first-order valence-corrected chi connectivity index (χ1v) is 3.71. The Morgan fingerprint density at radius 3 is 2.55 bits per heavy atom. The molecule has 2 nitrogen and oxygen atoms in total. The highest BCUT2D eigenvalue weighted by Crippen LogP contribution is 2.35. The summed E-state index contributed by atoms with van der Waals surface area (Å²) in [6.07, 6.45) is 3.38. The molecule has 0 saturated heterocycles. The van der Waals surface area contributed by atoms with E-state index in [-0.39, 0.29) is 11.8 Å². The second-order valence-corrected chi connectivity index (χ2v) is 2.89. The van der Waals surface area contributed by atoms with Gasteiger partial charge < -0.3 is 5.11 Å². The topological polar surface area (TPSA) is 37.3 Å². The molecule has 1 aliphatic carbocycles. The van der Waals surface area contributed by atoms with E-state index in [0.717, 1.165) is 12.0 Å². The van der Waals surface area contributed by atoms with E-state index < -0.39 is 5.97 Å². The molecule has 1 aliphatic rings. The first-order chi connectivity index (χ1) is 5.16. The van der Waals surface area contributed by atoms with Crippen LogP contribution in [0.3, 0.4) is 0 Å². The van der Waals surface area contributed by atoms with Crippen molar-refractivity contribution >= 4 is 5.97 Å². The van der Waals surface area contributed by atoms with Crippen molar-refractivity contribution in [3.05, 3.63) is 24.8 Å². The molecule has 0 aliphatic heterocycles. The summed E-state index contributed by atoms with van der Waals surface area (Å²) >= 11 is 0. The molecule has 0 bridgehead atoms. The molecule has 11 heavy (non-hydrogen) atoms. The lowest BCUT2D eigenvalue weighted by Crippen LogP contribution is -2.11. The van der Waals surface area contributed by atoms with E-state index >= 15 is 0 Å². The highest BCUT2D eigenvalue weighted by atomic mass is 16.4. The fraction of sp³-hybridized carbons (Fsp3) is 0.444. The maximum Gasteiger partial charge on any atom is 0.310 e. The van der Waals surface area contributed by atoms with Crippen molar-refractivity contribution in [2.24, 2.45) is 11.8 Å². The van der Waals surface area contributed by atoms with E-state index in [1.54, 1.807) is 6.08 Å². The Kier molecular flexibility index (Phi) is 2.13. The van der Waals surface area contributed by atoms with Crippen LogP contribution >= 0.6 is 0 Å². The molecule has 0 heterocycles. The number of rotatable bonds is 2. The Morgan fingerprint density at radius 2 is 2.27 bits per heavy atom. The maximum atomic E-state index is 10.6. The SMILES string of the molecule is C=CC1CCC(C(=O)O)C1=C. The number of aliphatic carboxylic acids is 1. The van der Waals surface area contributed by atoms with Crippen molar-refractivity contribution in [1.82, 2.24) is 0 Å². The van der Waals surface area contributed by atoms with Crippen molar-refractivity contribution < 1.29 is 9.90 Å². The zero-order valence-corrected chi connectivity index (χ0v) is 6.42. The minimum atomic E-state index is -0.751. The third-order valence-corrected chi connectivity index (χ3v) is 2.27. The minimum absolute atomic E-state index is 0.219. The van der Waals surface area contributed by atoms with Crippen LogP contribution in [-0.4, -0.2) is 11.1 Å². The largest absolute Gasteiger partial charge is 0.481 e. The molecule has 0 aromatic carbocycles. The molecule has 0 aromatic heterocycles. The molecular formula is C9H12O2. The van der Waals surface area contributed by atoms with Gasteiger partial charge in [-0.25, -0.2) is 0 Å². The lowest BCUT2D eigenvalue weighted by Gasteiger charge is -2.06. The van der Waals surface area contributed by atoms with Crippen LogP contribution in [0.25, 0.3) is 0 Å². The quantitative estimate of drug-likeness (QED) is 0.613. The van der Waals surface area contributed by atoms with Crippen molar-refractivity contribution in [3.63, 3.8) is 0 Å². The zero-order chi connectivity index (χ0) is 8.43. The summed E-state index contributed by atoms with van der Waals surface area (Å²) in [7, 11) is 0. The second kappa shape index (κ2) is 2.91. The van der Waals surface area contributed by atoms with Crippen LogP contribution in [0.2, 0.25) is 0 Å². The van der Waals surface area contributed by atoms with Crippen LogP contribution in [0.4, 0.5) is 0 Å². The average Bonchev–Trinajstić information content (AvgIpc) is 2.30. The highest BCUT2D eigenvalue weighted by Gasteiger charge is 2.31. The molecule has 60 valence electrons. The average molecular weight is 152 g/mol. The van der Waals surface area contributed by atoms with Crippen LogP contribution in [0.1, 0.15) is 12.8 Å². The van der Waals surface area contributed by atoms with Crippen molar-refractivity contribution in [1.29, 1.82) is 0 Å². The summed E-state index contributed by atoms with van der Waals surface area (Å²) in [4.78, 5) is 10.6. The Morgan fingerprint density at radius 1 is 1.64 bits per heavy atom. The first kappa shape index (κ1) is 8.05. The van der Waals surface area contributed by atoms with Gasteiger partial charge in [0.15, 0.2) is 0 Å². The Balaban J connectivity index is 2.70. The molecule has 0 radical (unpaired) electrons. The van der Waals surface area contributed by atoms with Crippen LogP contribution in [0.5, 0.6) is 0 Å². The number of carboxylic acids is 1. The summed E-state index contributed by atoms with van der Waals surface area (Å²) in [6.45, 7) is 7.39. The fourth-order valence-corrected chi connectivity index (χ4v) is 1.53. The van der Waals surface area contributed by atoms with E-state index in [1.807, 2.05) is 0 Å². The van der Waals surface area contributed by atoms with E-state index in [2.05, 4.69) is 13.2 Å². The summed E-state index contributed by atoms with van der Waals surface area (Å²) in [5.74, 6) is -0.867. The standard InChI is InChI=1S/C9H12O2/c1-3-7-4-5-8(6(7)2)9(10)11/h3,7-8H,1-2,4-5H2,(H,10,11). The van der Waals surface area contributed by atoms with Crippen LogP contribution < -0.4 is 0 Å². The number of allylic oxidation sites excluding steroid dienone is 1. The van der Waals surface area contributed by atoms with Gasteiger partial charge in [-0.3, -0.25) is 4.79 Å². The maximum absolute atomic E-state index is 10.6. The second-order valence-electron chi connectivity index (χ2n) is 2.89. The fourth-order valence-electron chi connectivity index (χ4n) is 1.53. The summed E-state index contributed by atoms with van der Waals surface area (Å²) in [6, 6.07) is 0. The van der Waals surface area contributed by atoms with Gasteiger partial charge in [-0.15, -0.1) is 6.58 Å². The Labute approximate surface area is 66.2 Å². The van der Waals surface area contributed by atoms with Gasteiger partial charge in [-0.1, -0.05) is 18.2 Å². The number of hydrogen-bond acceptors (Lipinski definition) is 1. The molecule has 1 saturated carbocycles. The van der Waals surface area contributed by atoms with Gasteiger partial charge in [0.25, 0.3) is 0 Å². The van der Waals surface area contributed by atoms with Gasteiger partial charge in [0.1, 0.15) is 0 Å². The summed E-state index contributed by atoms with van der Waals surface area (Å²) in [5, 5.41) is 8.70. The number of carboxylic acid groups (broad SMARTS) is 1. The van der Waals surface area contributed by atoms with Crippen LogP contribution in [0.15, 0.2) is 24.8 Å². The van der Waals surface area contributed by atoms with Gasteiger partial charge in [-0.05, 0) is 18.8 Å². The van der Waals surface area contributed by atoms with Crippen molar-refractivity contribution in [3.8, 4) is 0 Å². The van der Waals surface area contributed by atoms with Crippen LogP contribution in [-0.2, 0) is 4.79 Å². The Hall–Kier alpha value is -1.05. The van der Waals surface area contributed by atoms with E-state index in [1.165, 1.54) is 0 Å². The van der Waals surface area contributed by atoms with Gasteiger partial charge in [0.2, 0.25) is 0 Å². The molecule has 0 amide bonds. The van der Waals surface area contributed by atoms with Gasteiger partial charge in [-0.2, -0.15) is 0 Å². The third kappa shape index (κ3) is 1.34. The molecule has 1 fully saturated rings. The lowest BCUT2D eigenvalue weighted by atomic mass is 9.99. The smallest absolute Gasteiger partial charge is 0.310 e. The summed E-state index contributed by atoms with van der Waals surface area (Å²) in [5.41, 5.74) is 0.813. The van der Waals surface area contributed by atoms with Crippen molar-refractivity contribution in [2.75, 3.05) is 0 Å². The lowest BCUT2D eigenvalue weighted by molar-refractivity contribution is -0.140. The molecule has 1 rings (SSSR count). The normalized spacial score (nSPS) is 30.4. The van der Waals surface area contributed by atoms with Gasteiger partial charge in [0.05, 0.1) is 5.92 Å². The molecule has 0 spiro atoms. The molecule has 2 heteroatoms. The van der Waals surface area contributed by atoms with E-state index in [9.17, 15) is 4.79 Å². The van der Waals surface area contributed by atoms with Crippen LogP contribution in [0, 0.1) is 11.8 Å². The molecule has 0 aromatic rings. The predicted molar refractivity (Wildman–Crippen MR) is 43.2 cm³/mol. The van der Waals surface area contributed by atoms with E-state index in [4.69, 9.17) is 5.11 Å². The van der Waals surface area contributed by atoms with Crippen molar-refractivity contribution in [2.45, 2.75) is 12.8 Å². The third-order valence-electron chi connectivity index (χ3n) is 2.27. The molecule has 2 atom stereocenters. The number of carbonyl (C=O) groups is 1. The first-order valence-electron chi connectivity index (χ1n) is 3.71. The zero-order valence-electron chi connectivity index (χ0n) is 6.42. The number of hydrogen-bond donors (Lipinski definition) is 1. The summed E-state index contributed by atoms with van der Waals surface area (Å²) < 4.78 is 0. The molecular weight excluding hydrogens is 140 g/mol. The highest BCUT2D eigenvalue weighted by molar-refractivity contribution is 5.74. The monoisotopic (exact) mass is 152 g/mol. The molecule has 2 unspecified atom stereocenters. The minimum Gasteiger partial charge on any atom is -0.481 e. The molecule has 1 N–H and O–H groups in total. The van der Waals surface area contributed by atoms with Gasteiger partial charge in [0, 0.05) is 0 Å². The Bertz CT molecular complexity index is 206. The predicted octanol–water partition coefficient (Wildman–Crippen LogP) is 1.84. The van der Waals surface area contributed by atoms with E-state index in [0.29, 0.717) is 6.42 Å².